The second-order valence-electron chi connectivity index (χ2n) is 8.47. The third-order valence-electron chi connectivity index (χ3n) is 4.93. The van der Waals surface area contributed by atoms with Crippen LogP contribution in [0.25, 0.3) is 17.1 Å². The standard InChI is InChI=1S/C24H26N6OS/c1-24(2,3)19-15-20(29(4)28-19)25-21(31)16-32-23-27-26-22(17-11-7-5-8-12-17)30(23)18-13-9-6-10-14-18/h5-15H,16H2,1-4H3,(H,25,31). The highest BCUT2D eigenvalue weighted by Crippen LogP contribution is 2.28. The molecule has 1 N–H and O–H groups in total. The molecule has 0 unspecified atom stereocenters. The van der Waals surface area contributed by atoms with Gasteiger partial charge in [-0.25, -0.2) is 0 Å². The van der Waals surface area contributed by atoms with Crippen LogP contribution in [-0.2, 0) is 17.3 Å². The van der Waals surface area contributed by atoms with Crippen molar-refractivity contribution in [1.29, 1.82) is 0 Å². The second kappa shape index (κ2) is 9.00. The summed E-state index contributed by atoms with van der Waals surface area (Å²) in [7, 11) is 1.83. The first-order valence-electron chi connectivity index (χ1n) is 10.4. The summed E-state index contributed by atoms with van der Waals surface area (Å²) in [5, 5.41) is 16.9. The van der Waals surface area contributed by atoms with Crippen molar-refractivity contribution in [2.24, 2.45) is 7.05 Å². The molecule has 32 heavy (non-hydrogen) atoms. The molecule has 7 nitrogen and oxygen atoms in total. The summed E-state index contributed by atoms with van der Waals surface area (Å²) in [6.45, 7) is 6.28. The topological polar surface area (TPSA) is 77.6 Å². The van der Waals surface area contributed by atoms with Crippen LogP contribution in [0.5, 0.6) is 0 Å². The van der Waals surface area contributed by atoms with Crippen LogP contribution in [0.1, 0.15) is 26.5 Å². The van der Waals surface area contributed by atoms with Gasteiger partial charge < -0.3 is 5.32 Å². The zero-order valence-corrected chi connectivity index (χ0v) is 19.4. The molecule has 0 radical (unpaired) electrons. The van der Waals surface area contributed by atoms with E-state index in [1.807, 2.05) is 78.3 Å². The molecule has 0 spiro atoms. The van der Waals surface area contributed by atoms with Gasteiger partial charge in [-0.15, -0.1) is 10.2 Å². The Labute approximate surface area is 191 Å². The summed E-state index contributed by atoms with van der Waals surface area (Å²) < 4.78 is 3.68. The average Bonchev–Trinajstić information content (AvgIpc) is 3.37. The van der Waals surface area contributed by atoms with Crippen LogP contribution in [0.4, 0.5) is 5.82 Å². The molecule has 0 bridgehead atoms. The Morgan fingerprint density at radius 3 is 2.28 bits per heavy atom. The van der Waals surface area contributed by atoms with Crippen LogP contribution >= 0.6 is 11.8 Å². The fraction of sp³-hybridized carbons (Fsp3) is 0.250. The number of rotatable bonds is 6. The van der Waals surface area contributed by atoms with Gasteiger partial charge in [-0.2, -0.15) is 5.10 Å². The van der Waals surface area contributed by atoms with Gasteiger partial charge in [-0.3, -0.25) is 14.0 Å². The zero-order chi connectivity index (χ0) is 22.7. The van der Waals surface area contributed by atoms with E-state index in [9.17, 15) is 4.79 Å². The van der Waals surface area contributed by atoms with Crippen LogP contribution in [0.2, 0.25) is 0 Å². The van der Waals surface area contributed by atoms with E-state index in [1.54, 1.807) is 4.68 Å². The first kappa shape index (κ1) is 21.8. The number of thioether (sulfide) groups is 1. The predicted molar refractivity (Wildman–Crippen MR) is 128 cm³/mol. The van der Waals surface area contributed by atoms with Crippen molar-refractivity contribution in [3.8, 4) is 17.1 Å². The van der Waals surface area contributed by atoms with Crippen LogP contribution in [0.15, 0.2) is 71.9 Å². The molecule has 4 aromatic rings. The number of nitrogens with one attached hydrogen (secondary N) is 1. The third kappa shape index (κ3) is 4.75. The lowest BCUT2D eigenvalue weighted by Crippen LogP contribution is -2.16. The highest BCUT2D eigenvalue weighted by molar-refractivity contribution is 7.99. The maximum atomic E-state index is 12.7. The van der Waals surface area contributed by atoms with Crippen molar-refractivity contribution >= 4 is 23.5 Å². The molecular formula is C24H26N6OS. The number of nitrogens with zero attached hydrogens (tertiary/aromatic N) is 5. The van der Waals surface area contributed by atoms with Gasteiger partial charge in [0.05, 0.1) is 11.4 Å². The van der Waals surface area contributed by atoms with Crippen molar-refractivity contribution in [2.45, 2.75) is 31.3 Å². The summed E-state index contributed by atoms with van der Waals surface area (Å²) in [4.78, 5) is 12.7. The van der Waals surface area contributed by atoms with Crippen molar-refractivity contribution in [3.05, 3.63) is 72.4 Å². The van der Waals surface area contributed by atoms with Crippen LogP contribution in [-0.4, -0.2) is 36.2 Å². The number of carbonyl (C=O) groups excluding carboxylic acids is 1. The molecule has 2 aromatic heterocycles. The van der Waals surface area contributed by atoms with E-state index in [0.717, 1.165) is 22.8 Å². The molecule has 4 rings (SSSR count). The highest BCUT2D eigenvalue weighted by Gasteiger charge is 2.21. The van der Waals surface area contributed by atoms with Crippen molar-refractivity contribution in [1.82, 2.24) is 24.5 Å². The van der Waals surface area contributed by atoms with E-state index in [0.29, 0.717) is 11.0 Å². The number of hydrogen-bond acceptors (Lipinski definition) is 5. The number of para-hydroxylation sites is 1. The largest absolute Gasteiger partial charge is 0.310 e. The van der Waals surface area contributed by atoms with Gasteiger partial charge in [0.1, 0.15) is 5.82 Å². The average molecular weight is 447 g/mol. The summed E-state index contributed by atoms with van der Waals surface area (Å²) >= 11 is 1.35. The number of aryl methyl sites for hydroxylation is 1. The molecule has 0 aliphatic heterocycles. The normalized spacial score (nSPS) is 11.5. The van der Waals surface area contributed by atoms with E-state index >= 15 is 0 Å². The van der Waals surface area contributed by atoms with E-state index < -0.39 is 0 Å². The molecule has 164 valence electrons. The Hall–Kier alpha value is -3.39. The molecule has 0 aliphatic rings. The predicted octanol–water partition coefficient (Wildman–Crippen LogP) is 4.70. The molecule has 0 saturated carbocycles. The first-order valence-corrected chi connectivity index (χ1v) is 11.3. The van der Waals surface area contributed by atoms with Gasteiger partial charge in [0, 0.05) is 29.8 Å². The quantitative estimate of drug-likeness (QED) is 0.435. The molecule has 2 aromatic carbocycles. The summed E-state index contributed by atoms with van der Waals surface area (Å²) in [6.07, 6.45) is 0. The van der Waals surface area contributed by atoms with Gasteiger partial charge in [0.25, 0.3) is 0 Å². The monoisotopic (exact) mass is 446 g/mol. The lowest BCUT2D eigenvalue weighted by atomic mass is 9.92. The number of aromatic nitrogens is 5. The van der Waals surface area contributed by atoms with Crippen LogP contribution < -0.4 is 5.32 Å². The van der Waals surface area contributed by atoms with E-state index in [4.69, 9.17) is 0 Å². The van der Waals surface area contributed by atoms with Gasteiger partial charge in [-0.1, -0.05) is 81.1 Å². The second-order valence-corrected chi connectivity index (χ2v) is 9.41. The molecule has 0 atom stereocenters. The zero-order valence-electron chi connectivity index (χ0n) is 18.6. The minimum absolute atomic E-state index is 0.0879. The van der Waals surface area contributed by atoms with Gasteiger partial charge in [0.2, 0.25) is 5.91 Å². The summed E-state index contributed by atoms with van der Waals surface area (Å²) in [6, 6.07) is 21.8. The minimum Gasteiger partial charge on any atom is -0.310 e. The van der Waals surface area contributed by atoms with Gasteiger partial charge >= 0.3 is 0 Å². The lowest BCUT2D eigenvalue weighted by molar-refractivity contribution is -0.113. The van der Waals surface area contributed by atoms with E-state index in [1.165, 1.54) is 11.8 Å². The van der Waals surface area contributed by atoms with Gasteiger partial charge in [0.15, 0.2) is 11.0 Å². The Kier molecular flexibility index (Phi) is 6.14. The number of anilines is 1. The van der Waals surface area contributed by atoms with Crippen LogP contribution in [0, 0.1) is 0 Å². The molecule has 0 fully saturated rings. The SMILES string of the molecule is Cn1nc(C(C)(C)C)cc1NC(=O)CSc1nnc(-c2ccccc2)n1-c1ccccc1. The van der Waals surface area contributed by atoms with E-state index in [-0.39, 0.29) is 17.1 Å². The molecule has 2 heterocycles. The van der Waals surface area contributed by atoms with E-state index in [2.05, 4.69) is 41.4 Å². The Balaban J connectivity index is 1.54. The maximum Gasteiger partial charge on any atom is 0.235 e. The Morgan fingerprint density at radius 2 is 1.66 bits per heavy atom. The summed E-state index contributed by atoms with van der Waals surface area (Å²) in [5.74, 6) is 1.49. The van der Waals surface area contributed by atoms with Crippen molar-refractivity contribution < 1.29 is 4.79 Å². The molecule has 0 aliphatic carbocycles. The molecular weight excluding hydrogens is 420 g/mol. The maximum absolute atomic E-state index is 12.7. The van der Waals surface area contributed by atoms with Crippen molar-refractivity contribution in [2.75, 3.05) is 11.1 Å². The lowest BCUT2D eigenvalue weighted by Gasteiger charge is -2.13. The number of hydrogen-bond donors (Lipinski definition) is 1. The molecule has 0 saturated heterocycles. The Morgan fingerprint density at radius 1 is 1.00 bits per heavy atom. The molecule has 8 heteroatoms. The third-order valence-corrected chi connectivity index (χ3v) is 5.86. The number of benzene rings is 2. The summed E-state index contributed by atoms with van der Waals surface area (Å²) in [5.41, 5.74) is 2.75. The fourth-order valence-electron chi connectivity index (χ4n) is 3.21. The minimum atomic E-state index is -0.123. The Bertz CT molecular complexity index is 1210. The first-order chi connectivity index (χ1) is 15.3. The number of carbonyl (C=O) groups is 1. The smallest absolute Gasteiger partial charge is 0.235 e. The molecule has 1 amide bonds. The van der Waals surface area contributed by atoms with Gasteiger partial charge in [-0.05, 0) is 12.1 Å². The fourth-order valence-corrected chi connectivity index (χ4v) is 3.96. The van der Waals surface area contributed by atoms with Crippen molar-refractivity contribution in [3.63, 3.8) is 0 Å². The number of amides is 1. The van der Waals surface area contributed by atoms with Crippen LogP contribution in [0.3, 0.4) is 0 Å². The highest BCUT2D eigenvalue weighted by atomic mass is 32.2.